The Morgan fingerprint density at radius 1 is 1.17 bits per heavy atom. The van der Waals surface area contributed by atoms with Crippen molar-refractivity contribution in [3.63, 3.8) is 0 Å². The molecule has 0 spiro atoms. The Labute approximate surface area is 111 Å². The van der Waals surface area contributed by atoms with E-state index in [-0.39, 0.29) is 6.61 Å². The zero-order valence-electron chi connectivity index (χ0n) is 9.77. The van der Waals surface area contributed by atoms with Gasteiger partial charge in [-0.1, -0.05) is 35.9 Å². The third-order valence-electron chi connectivity index (χ3n) is 2.57. The summed E-state index contributed by atoms with van der Waals surface area (Å²) < 4.78 is 5.75. The number of para-hydroxylation sites is 1. The summed E-state index contributed by atoms with van der Waals surface area (Å²) >= 11 is 6.10. The van der Waals surface area contributed by atoms with Crippen LogP contribution in [0.3, 0.4) is 0 Å². The molecule has 0 unspecified atom stereocenters. The van der Waals surface area contributed by atoms with E-state index in [9.17, 15) is 0 Å². The lowest BCUT2D eigenvalue weighted by Gasteiger charge is -2.12. The SMILES string of the molecule is NCc1cccc(Cl)c1Oc1cccc(CO)c1. The van der Waals surface area contributed by atoms with Gasteiger partial charge in [0, 0.05) is 12.1 Å². The second kappa shape index (κ2) is 5.87. The topological polar surface area (TPSA) is 55.5 Å². The lowest BCUT2D eigenvalue weighted by Crippen LogP contribution is -2.00. The van der Waals surface area contributed by atoms with Gasteiger partial charge >= 0.3 is 0 Å². The van der Waals surface area contributed by atoms with Crippen molar-refractivity contribution < 1.29 is 9.84 Å². The van der Waals surface area contributed by atoms with E-state index >= 15 is 0 Å². The van der Waals surface area contributed by atoms with Gasteiger partial charge in [-0.2, -0.15) is 0 Å². The zero-order chi connectivity index (χ0) is 13.0. The van der Waals surface area contributed by atoms with Crippen LogP contribution in [0, 0.1) is 0 Å². The first kappa shape index (κ1) is 12.9. The highest BCUT2D eigenvalue weighted by Gasteiger charge is 2.08. The molecule has 2 rings (SSSR count). The van der Waals surface area contributed by atoms with E-state index in [1.54, 1.807) is 12.1 Å². The van der Waals surface area contributed by atoms with Crippen molar-refractivity contribution in [2.45, 2.75) is 13.2 Å². The minimum atomic E-state index is -0.0243. The Morgan fingerprint density at radius 3 is 2.67 bits per heavy atom. The molecule has 0 radical (unpaired) electrons. The normalized spacial score (nSPS) is 10.4. The number of aliphatic hydroxyl groups excluding tert-OH is 1. The van der Waals surface area contributed by atoms with Crippen LogP contribution >= 0.6 is 11.6 Å². The van der Waals surface area contributed by atoms with Crippen LogP contribution in [-0.2, 0) is 13.2 Å². The molecule has 2 aromatic rings. The van der Waals surface area contributed by atoms with Crippen molar-refractivity contribution in [3.05, 3.63) is 58.6 Å². The Hall–Kier alpha value is -1.55. The smallest absolute Gasteiger partial charge is 0.150 e. The summed E-state index contributed by atoms with van der Waals surface area (Å²) in [5.74, 6) is 1.20. The molecule has 0 saturated heterocycles. The maximum absolute atomic E-state index is 9.08. The predicted molar refractivity (Wildman–Crippen MR) is 71.8 cm³/mol. The molecular weight excluding hydrogens is 250 g/mol. The molecule has 2 aromatic carbocycles. The van der Waals surface area contributed by atoms with E-state index in [4.69, 9.17) is 27.2 Å². The number of hydrogen-bond donors (Lipinski definition) is 2. The first-order valence-electron chi connectivity index (χ1n) is 5.59. The molecular formula is C14H14ClNO2. The van der Waals surface area contributed by atoms with E-state index in [0.29, 0.717) is 23.1 Å². The molecule has 0 aliphatic rings. The third kappa shape index (κ3) is 2.82. The van der Waals surface area contributed by atoms with Gasteiger partial charge in [0.15, 0.2) is 0 Å². The second-order valence-corrected chi connectivity index (χ2v) is 4.25. The van der Waals surface area contributed by atoms with E-state index < -0.39 is 0 Å². The fourth-order valence-corrected chi connectivity index (χ4v) is 1.89. The van der Waals surface area contributed by atoms with Crippen LogP contribution in [0.1, 0.15) is 11.1 Å². The largest absolute Gasteiger partial charge is 0.455 e. The molecule has 0 amide bonds. The lowest BCUT2D eigenvalue weighted by atomic mass is 10.2. The third-order valence-corrected chi connectivity index (χ3v) is 2.87. The number of hydrogen-bond acceptors (Lipinski definition) is 3. The maximum Gasteiger partial charge on any atom is 0.150 e. The van der Waals surface area contributed by atoms with Crippen molar-refractivity contribution in [1.29, 1.82) is 0 Å². The van der Waals surface area contributed by atoms with Gasteiger partial charge in [-0.25, -0.2) is 0 Å². The van der Waals surface area contributed by atoms with E-state index in [2.05, 4.69) is 0 Å². The van der Waals surface area contributed by atoms with Gasteiger partial charge in [0.2, 0.25) is 0 Å². The van der Waals surface area contributed by atoms with Crippen LogP contribution in [0.25, 0.3) is 0 Å². The number of benzene rings is 2. The summed E-state index contributed by atoms with van der Waals surface area (Å²) in [5, 5.41) is 9.60. The highest BCUT2D eigenvalue weighted by molar-refractivity contribution is 6.32. The molecule has 4 heteroatoms. The molecule has 0 fully saturated rings. The van der Waals surface area contributed by atoms with Crippen molar-refractivity contribution in [2.24, 2.45) is 5.73 Å². The lowest BCUT2D eigenvalue weighted by molar-refractivity contribution is 0.281. The predicted octanol–water partition coefficient (Wildman–Crippen LogP) is 3.08. The Morgan fingerprint density at radius 2 is 1.94 bits per heavy atom. The number of halogens is 1. The van der Waals surface area contributed by atoms with E-state index in [1.807, 2.05) is 30.3 Å². The molecule has 3 nitrogen and oxygen atoms in total. The Bertz CT molecular complexity index is 543. The highest BCUT2D eigenvalue weighted by Crippen LogP contribution is 2.32. The number of nitrogens with two attached hydrogens (primary N) is 1. The van der Waals surface area contributed by atoms with Crippen LogP contribution in [0.15, 0.2) is 42.5 Å². The summed E-state index contributed by atoms with van der Waals surface area (Å²) in [4.78, 5) is 0. The Kier molecular flexibility index (Phi) is 4.20. The van der Waals surface area contributed by atoms with Gasteiger partial charge in [0.1, 0.15) is 11.5 Å². The molecule has 94 valence electrons. The highest BCUT2D eigenvalue weighted by atomic mass is 35.5. The summed E-state index contributed by atoms with van der Waals surface area (Å²) in [6.07, 6.45) is 0. The monoisotopic (exact) mass is 263 g/mol. The average Bonchev–Trinajstić information content (AvgIpc) is 2.41. The average molecular weight is 264 g/mol. The van der Waals surface area contributed by atoms with Gasteiger partial charge < -0.3 is 15.6 Å². The number of rotatable bonds is 4. The number of aliphatic hydroxyl groups is 1. The minimum Gasteiger partial charge on any atom is -0.455 e. The van der Waals surface area contributed by atoms with E-state index in [1.165, 1.54) is 0 Å². The minimum absolute atomic E-state index is 0.0243. The van der Waals surface area contributed by atoms with Gasteiger partial charge in [-0.05, 0) is 23.8 Å². The zero-order valence-corrected chi connectivity index (χ0v) is 10.5. The maximum atomic E-state index is 9.08. The van der Waals surface area contributed by atoms with Crippen molar-refractivity contribution in [3.8, 4) is 11.5 Å². The first-order valence-corrected chi connectivity index (χ1v) is 5.97. The molecule has 18 heavy (non-hydrogen) atoms. The van der Waals surface area contributed by atoms with Crippen molar-refractivity contribution >= 4 is 11.6 Å². The van der Waals surface area contributed by atoms with Crippen molar-refractivity contribution in [2.75, 3.05) is 0 Å². The van der Waals surface area contributed by atoms with Gasteiger partial charge in [-0.3, -0.25) is 0 Å². The van der Waals surface area contributed by atoms with E-state index in [0.717, 1.165) is 11.1 Å². The standard InChI is InChI=1S/C14H14ClNO2/c15-13-6-2-4-11(8-16)14(13)18-12-5-1-3-10(7-12)9-17/h1-7,17H,8-9,16H2. The fourth-order valence-electron chi connectivity index (χ4n) is 1.65. The van der Waals surface area contributed by atoms with Crippen LogP contribution in [-0.4, -0.2) is 5.11 Å². The molecule has 0 heterocycles. The first-order chi connectivity index (χ1) is 8.74. The van der Waals surface area contributed by atoms with Crippen LogP contribution in [0.2, 0.25) is 5.02 Å². The molecule has 0 aliphatic heterocycles. The molecule has 0 bridgehead atoms. The second-order valence-electron chi connectivity index (χ2n) is 3.84. The molecule has 0 saturated carbocycles. The van der Waals surface area contributed by atoms with Crippen LogP contribution < -0.4 is 10.5 Å². The van der Waals surface area contributed by atoms with Gasteiger partial charge in [-0.15, -0.1) is 0 Å². The molecule has 3 N–H and O–H groups in total. The summed E-state index contributed by atoms with van der Waals surface area (Å²) in [5.41, 5.74) is 7.28. The summed E-state index contributed by atoms with van der Waals surface area (Å²) in [6.45, 7) is 0.332. The van der Waals surface area contributed by atoms with Crippen LogP contribution in [0.5, 0.6) is 11.5 Å². The number of ether oxygens (including phenoxy) is 1. The van der Waals surface area contributed by atoms with Crippen LogP contribution in [0.4, 0.5) is 0 Å². The Balaban J connectivity index is 2.33. The summed E-state index contributed by atoms with van der Waals surface area (Å²) in [7, 11) is 0. The summed E-state index contributed by atoms with van der Waals surface area (Å²) in [6, 6.07) is 12.7. The van der Waals surface area contributed by atoms with Gasteiger partial charge in [0.25, 0.3) is 0 Å². The van der Waals surface area contributed by atoms with Gasteiger partial charge in [0.05, 0.1) is 11.6 Å². The molecule has 0 aliphatic carbocycles. The molecule has 0 atom stereocenters. The van der Waals surface area contributed by atoms with Crippen molar-refractivity contribution in [1.82, 2.24) is 0 Å². The molecule has 0 aromatic heterocycles. The fraction of sp³-hybridized carbons (Fsp3) is 0.143. The quantitative estimate of drug-likeness (QED) is 0.891.